The summed E-state index contributed by atoms with van der Waals surface area (Å²) < 4.78 is 0. The third-order valence-corrected chi connectivity index (χ3v) is 5.99. The minimum Gasteiger partial charge on any atom is -0.397 e. The number of carbonyl (C=O) groups is 1. The number of hydrogen-bond acceptors (Lipinski definition) is 4. The number of likely N-dealkylation sites (tertiary alicyclic amines) is 1. The predicted molar refractivity (Wildman–Crippen MR) is 101 cm³/mol. The number of carbonyl (C=O) groups excluding carboxylic acids is 1. The predicted octanol–water partition coefficient (Wildman–Crippen LogP) is 4.21. The molecule has 1 amide bonds. The lowest BCUT2D eigenvalue weighted by Gasteiger charge is -2.30. The number of aromatic nitrogens is 1. The molecule has 1 atom stereocenters. The lowest BCUT2D eigenvalue weighted by atomic mass is 10.00. The summed E-state index contributed by atoms with van der Waals surface area (Å²) in [7, 11) is 0. The first-order chi connectivity index (χ1) is 11.5. The second kappa shape index (κ2) is 5.74. The fourth-order valence-corrected chi connectivity index (χ4v) is 4.60. The van der Waals surface area contributed by atoms with Crippen LogP contribution in [0.15, 0.2) is 24.3 Å². The van der Waals surface area contributed by atoms with Crippen molar-refractivity contribution in [3.63, 3.8) is 0 Å². The summed E-state index contributed by atoms with van der Waals surface area (Å²) in [6.45, 7) is 5.90. The van der Waals surface area contributed by atoms with Crippen LogP contribution in [0.1, 0.15) is 35.0 Å². The van der Waals surface area contributed by atoms with Crippen LogP contribution in [0.2, 0.25) is 0 Å². The first-order valence-electron chi connectivity index (χ1n) is 8.42. The number of para-hydroxylation sites is 1. The SMILES string of the molecule is Cc1cccc2cc3c(N)c(C(=O)N4CCC[C@H](C)C4)sc3nc12. The van der Waals surface area contributed by atoms with Gasteiger partial charge < -0.3 is 10.6 Å². The zero-order valence-corrected chi connectivity index (χ0v) is 14.8. The number of anilines is 1. The molecule has 4 nitrogen and oxygen atoms in total. The molecule has 0 aliphatic carbocycles. The van der Waals surface area contributed by atoms with Gasteiger partial charge in [-0.05, 0) is 37.3 Å². The van der Waals surface area contributed by atoms with Crippen LogP contribution in [-0.2, 0) is 0 Å². The number of hydrogen-bond donors (Lipinski definition) is 1. The molecule has 3 heterocycles. The van der Waals surface area contributed by atoms with E-state index in [4.69, 9.17) is 10.7 Å². The highest BCUT2D eigenvalue weighted by Crippen LogP contribution is 2.36. The van der Waals surface area contributed by atoms with Crippen molar-refractivity contribution in [3.8, 4) is 0 Å². The average molecular weight is 339 g/mol. The number of aryl methyl sites for hydroxylation is 1. The number of amides is 1. The summed E-state index contributed by atoms with van der Waals surface area (Å²) in [6.07, 6.45) is 2.26. The molecule has 0 bridgehead atoms. The topological polar surface area (TPSA) is 59.2 Å². The van der Waals surface area contributed by atoms with Gasteiger partial charge in [0, 0.05) is 23.9 Å². The first kappa shape index (κ1) is 15.4. The molecule has 2 N–H and O–H groups in total. The monoisotopic (exact) mass is 339 g/mol. The Morgan fingerprint density at radius 2 is 2.25 bits per heavy atom. The highest BCUT2D eigenvalue weighted by Gasteiger charge is 2.26. The number of nitrogen functional groups attached to an aromatic ring is 1. The normalized spacial score (nSPS) is 18.4. The van der Waals surface area contributed by atoms with Gasteiger partial charge in [0.05, 0.1) is 11.2 Å². The molecule has 3 aromatic rings. The van der Waals surface area contributed by atoms with E-state index in [0.29, 0.717) is 16.5 Å². The van der Waals surface area contributed by atoms with Gasteiger partial charge >= 0.3 is 0 Å². The van der Waals surface area contributed by atoms with Crippen LogP contribution in [0.5, 0.6) is 0 Å². The molecule has 1 aromatic carbocycles. The number of nitrogens with zero attached hydrogens (tertiary/aromatic N) is 2. The van der Waals surface area contributed by atoms with E-state index in [-0.39, 0.29) is 5.91 Å². The Morgan fingerprint density at radius 3 is 3.04 bits per heavy atom. The minimum absolute atomic E-state index is 0.0582. The summed E-state index contributed by atoms with van der Waals surface area (Å²) in [6, 6.07) is 8.18. The highest BCUT2D eigenvalue weighted by molar-refractivity contribution is 7.21. The Kier molecular flexibility index (Phi) is 3.68. The van der Waals surface area contributed by atoms with Crippen molar-refractivity contribution < 1.29 is 4.79 Å². The fourth-order valence-electron chi connectivity index (χ4n) is 3.55. The average Bonchev–Trinajstić information content (AvgIpc) is 2.89. The van der Waals surface area contributed by atoms with Crippen LogP contribution in [-0.4, -0.2) is 28.9 Å². The Labute approximate surface area is 145 Å². The lowest BCUT2D eigenvalue weighted by Crippen LogP contribution is -2.38. The van der Waals surface area contributed by atoms with Crippen LogP contribution < -0.4 is 5.73 Å². The molecule has 2 aromatic heterocycles. The van der Waals surface area contributed by atoms with Crippen LogP contribution in [0.25, 0.3) is 21.1 Å². The van der Waals surface area contributed by atoms with Gasteiger partial charge in [-0.25, -0.2) is 4.98 Å². The summed E-state index contributed by atoms with van der Waals surface area (Å²) in [5.74, 6) is 0.615. The minimum atomic E-state index is 0.0582. The largest absolute Gasteiger partial charge is 0.397 e. The molecule has 124 valence electrons. The van der Waals surface area contributed by atoms with Gasteiger partial charge in [-0.15, -0.1) is 11.3 Å². The maximum atomic E-state index is 12.9. The van der Waals surface area contributed by atoms with Crippen molar-refractivity contribution in [2.45, 2.75) is 26.7 Å². The third-order valence-electron chi connectivity index (χ3n) is 4.88. The molecule has 0 unspecified atom stereocenters. The molecule has 1 aliphatic heterocycles. The Morgan fingerprint density at radius 1 is 1.42 bits per heavy atom. The van der Waals surface area contributed by atoms with Crippen molar-refractivity contribution in [1.29, 1.82) is 0 Å². The molecule has 1 aliphatic rings. The van der Waals surface area contributed by atoms with E-state index in [1.165, 1.54) is 17.8 Å². The van der Waals surface area contributed by atoms with Crippen LogP contribution in [0, 0.1) is 12.8 Å². The molecule has 0 saturated carbocycles. The van der Waals surface area contributed by atoms with E-state index in [0.717, 1.165) is 46.2 Å². The second-order valence-electron chi connectivity index (χ2n) is 6.83. The molecule has 4 rings (SSSR count). The Bertz CT molecular complexity index is 947. The van der Waals surface area contributed by atoms with Gasteiger partial charge in [0.15, 0.2) is 0 Å². The molecule has 1 saturated heterocycles. The van der Waals surface area contributed by atoms with Gasteiger partial charge in [-0.2, -0.15) is 0 Å². The number of fused-ring (bicyclic) bond motifs is 2. The molecule has 0 radical (unpaired) electrons. The maximum absolute atomic E-state index is 12.9. The van der Waals surface area contributed by atoms with Crippen molar-refractivity contribution in [2.24, 2.45) is 5.92 Å². The van der Waals surface area contributed by atoms with Crippen LogP contribution >= 0.6 is 11.3 Å². The standard InChI is InChI=1S/C19H21N3OS/c1-11-5-4-8-22(10-11)19(23)17-15(20)14-9-13-7-3-6-12(2)16(13)21-18(14)24-17/h3,6-7,9,11H,4-5,8,10,20H2,1-2H3/t11-/m0/s1. The number of piperidine rings is 1. The van der Waals surface area contributed by atoms with Crippen molar-refractivity contribution in [1.82, 2.24) is 9.88 Å². The zero-order chi connectivity index (χ0) is 16.8. The molecular formula is C19H21N3OS. The van der Waals surface area contributed by atoms with Crippen molar-refractivity contribution in [2.75, 3.05) is 18.8 Å². The molecule has 0 spiro atoms. The Balaban J connectivity index is 1.81. The van der Waals surface area contributed by atoms with Gasteiger partial charge in [-0.1, -0.05) is 25.1 Å². The van der Waals surface area contributed by atoms with E-state index < -0.39 is 0 Å². The lowest BCUT2D eigenvalue weighted by molar-refractivity contribution is 0.0689. The highest BCUT2D eigenvalue weighted by atomic mass is 32.1. The van der Waals surface area contributed by atoms with E-state index in [9.17, 15) is 4.79 Å². The van der Waals surface area contributed by atoms with Crippen LogP contribution in [0.3, 0.4) is 0 Å². The van der Waals surface area contributed by atoms with Gasteiger partial charge in [0.25, 0.3) is 5.91 Å². The fraction of sp³-hybridized carbons (Fsp3) is 0.368. The second-order valence-corrected chi connectivity index (χ2v) is 7.83. The smallest absolute Gasteiger partial charge is 0.266 e. The van der Waals surface area contributed by atoms with Crippen molar-refractivity contribution >= 4 is 44.1 Å². The van der Waals surface area contributed by atoms with Gasteiger partial charge in [0.2, 0.25) is 0 Å². The summed E-state index contributed by atoms with van der Waals surface area (Å²) in [4.78, 5) is 21.1. The van der Waals surface area contributed by atoms with Gasteiger partial charge in [0.1, 0.15) is 9.71 Å². The van der Waals surface area contributed by atoms with E-state index in [2.05, 4.69) is 26.0 Å². The Hall–Kier alpha value is -2.14. The number of benzene rings is 1. The summed E-state index contributed by atoms with van der Waals surface area (Å²) in [5, 5.41) is 1.96. The van der Waals surface area contributed by atoms with Crippen LogP contribution in [0.4, 0.5) is 5.69 Å². The van der Waals surface area contributed by atoms with E-state index in [1.807, 2.05) is 17.0 Å². The number of rotatable bonds is 1. The summed E-state index contributed by atoms with van der Waals surface area (Å²) >= 11 is 1.42. The summed E-state index contributed by atoms with van der Waals surface area (Å²) in [5.41, 5.74) is 9.03. The number of nitrogens with two attached hydrogens (primary N) is 1. The van der Waals surface area contributed by atoms with E-state index in [1.54, 1.807) is 0 Å². The van der Waals surface area contributed by atoms with Gasteiger partial charge in [-0.3, -0.25) is 4.79 Å². The first-order valence-corrected chi connectivity index (χ1v) is 9.24. The molecule has 5 heteroatoms. The quantitative estimate of drug-likeness (QED) is 0.722. The molecular weight excluding hydrogens is 318 g/mol. The molecule has 24 heavy (non-hydrogen) atoms. The number of thiophene rings is 1. The maximum Gasteiger partial charge on any atom is 0.266 e. The van der Waals surface area contributed by atoms with E-state index >= 15 is 0 Å². The van der Waals surface area contributed by atoms with Crippen molar-refractivity contribution in [3.05, 3.63) is 34.7 Å². The zero-order valence-electron chi connectivity index (χ0n) is 14.0. The third kappa shape index (κ3) is 2.44. The number of pyridine rings is 1. The molecule has 1 fully saturated rings.